The number of nitrogens with zero attached hydrogens (tertiary/aromatic N) is 4. The molecule has 29 heavy (non-hydrogen) atoms. The Bertz CT molecular complexity index is 1120. The van der Waals surface area contributed by atoms with Gasteiger partial charge in [-0.3, -0.25) is 4.40 Å². The van der Waals surface area contributed by atoms with Gasteiger partial charge in [0.05, 0.1) is 23.9 Å². The van der Waals surface area contributed by atoms with Crippen LogP contribution in [-0.2, 0) is 10.0 Å². The first-order chi connectivity index (χ1) is 13.7. The molecule has 3 heterocycles. The number of hydrogen-bond acceptors (Lipinski definition) is 5. The van der Waals surface area contributed by atoms with E-state index in [1.165, 1.54) is 0 Å². The molecule has 0 radical (unpaired) electrons. The third-order valence-electron chi connectivity index (χ3n) is 5.52. The predicted molar refractivity (Wildman–Crippen MR) is 99.8 cm³/mol. The van der Waals surface area contributed by atoms with Crippen LogP contribution in [0, 0.1) is 5.92 Å². The van der Waals surface area contributed by atoms with Gasteiger partial charge in [-0.2, -0.15) is 13.2 Å². The van der Waals surface area contributed by atoms with Crippen LogP contribution >= 0.6 is 0 Å². The molecule has 2 N–H and O–H groups in total. The Morgan fingerprint density at radius 1 is 1.31 bits per heavy atom. The van der Waals surface area contributed by atoms with Crippen LogP contribution in [0.25, 0.3) is 16.8 Å². The molecule has 3 aromatic heterocycles. The van der Waals surface area contributed by atoms with Crippen LogP contribution in [-0.4, -0.2) is 51.0 Å². The number of aromatic nitrogens is 5. The molecule has 0 saturated heterocycles. The average Bonchev–Trinajstić information content (AvgIpc) is 3.35. The van der Waals surface area contributed by atoms with Gasteiger partial charge in [0, 0.05) is 18.2 Å². The molecule has 4 rings (SSSR count). The van der Waals surface area contributed by atoms with Crippen LogP contribution in [0.4, 0.5) is 13.2 Å². The SMILES string of the molecule is CC[C@@H]1CC(NS(=O)(=O)CCC(F)(F)F)CC1c1nnc2cnc3[nH]ccc3n12. The third kappa shape index (κ3) is 4.08. The fourth-order valence-electron chi connectivity index (χ4n) is 4.19. The summed E-state index contributed by atoms with van der Waals surface area (Å²) in [7, 11) is -4.02. The fourth-order valence-corrected chi connectivity index (χ4v) is 5.51. The van der Waals surface area contributed by atoms with Crippen molar-refractivity contribution in [3.8, 4) is 0 Å². The second-order valence-corrected chi connectivity index (χ2v) is 9.34. The largest absolute Gasteiger partial charge is 0.390 e. The lowest BCUT2D eigenvalue weighted by Crippen LogP contribution is -2.36. The van der Waals surface area contributed by atoms with Crippen molar-refractivity contribution in [2.45, 2.75) is 50.7 Å². The van der Waals surface area contributed by atoms with E-state index in [1.54, 1.807) is 12.4 Å². The van der Waals surface area contributed by atoms with E-state index in [0.717, 1.165) is 17.8 Å². The highest BCUT2D eigenvalue weighted by Crippen LogP contribution is 2.41. The van der Waals surface area contributed by atoms with Gasteiger partial charge in [-0.1, -0.05) is 13.3 Å². The normalized spacial score (nSPS) is 23.4. The van der Waals surface area contributed by atoms with E-state index in [2.05, 4.69) is 24.9 Å². The zero-order valence-corrected chi connectivity index (χ0v) is 16.5. The lowest BCUT2D eigenvalue weighted by molar-refractivity contribution is -0.130. The molecule has 0 aliphatic heterocycles. The molecule has 1 aliphatic carbocycles. The minimum atomic E-state index is -4.50. The average molecular weight is 430 g/mol. The highest BCUT2D eigenvalue weighted by atomic mass is 32.2. The van der Waals surface area contributed by atoms with Crippen LogP contribution in [0.1, 0.15) is 44.3 Å². The van der Waals surface area contributed by atoms with Gasteiger partial charge in [0.15, 0.2) is 11.3 Å². The van der Waals surface area contributed by atoms with Crippen molar-refractivity contribution in [3.63, 3.8) is 0 Å². The van der Waals surface area contributed by atoms with Crippen molar-refractivity contribution in [2.75, 3.05) is 5.75 Å². The topological polar surface area (TPSA) is 105 Å². The second kappa shape index (κ2) is 7.24. The first-order valence-electron chi connectivity index (χ1n) is 9.40. The highest BCUT2D eigenvalue weighted by molar-refractivity contribution is 7.89. The maximum atomic E-state index is 12.4. The van der Waals surface area contributed by atoms with Crippen LogP contribution in [0.2, 0.25) is 0 Å². The molecule has 1 fully saturated rings. The molecule has 3 aromatic rings. The Hall–Kier alpha value is -2.21. The molecule has 0 bridgehead atoms. The quantitative estimate of drug-likeness (QED) is 0.626. The van der Waals surface area contributed by atoms with E-state index < -0.39 is 34.4 Å². The Morgan fingerprint density at radius 2 is 2.10 bits per heavy atom. The van der Waals surface area contributed by atoms with E-state index >= 15 is 0 Å². The zero-order valence-electron chi connectivity index (χ0n) is 15.6. The summed E-state index contributed by atoms with van der Waals surface area (Å²) in [5.41, 5.74) is 2.11. The highest BCUT2D eigenvalue weighted by Gasteiger charge is 2.39. The van der Waals surface area contributed by atoms with Gasteiger partial charge < -0.3 is 4.98 Å². The molecule has 3 atom stereocenters. The molecule has 12 heteroatoms. The van der Waals surface area contributed by atoms with E-state index in [4.69, 9.17) is 0 Å². The summed E-state index contributed by atoms with van der Waals surface area (Å²) in [4.78, 5) is 7.33. The van der Waals surface area contributed by atoms with Crippen molar-refractivity contribution in [3.05, 3.63) is 24.3 Å². The lowest BCUT2D eigenvalue weighted by Gasteiger charge is -2.16. The number of fused-ring (bicyclic) bond motifs is 3. The Morgan fingerprint density at radius 3 is 2.83 bits per heavy atom. The second-order valence-electron chi connectivity index (χ2n) is 7.47. The molecule has 1 saturated carbocycles. The number of aromatic amines is 1. The summed E-state index contributed by atoms with van der Waals surface area (Å²) < 4.78 is 65.8. The van der Waals surface area contributed by atoms with Gasteiger partial charge in [0.2, 0.25) is 10.0 Å². The number of H-pyrrole nitrogens is 1. The molecule has 0 aromatic carbocycles. The van der Waals surface area contributed by atoms with Crippen molar-refractivity contribution in [1.29, 1.82) is 0 Å². The summed E-state index contributed by atoms with van der Waals surface area (Å²) >= 11 is 0. The van der Waals surface area contributed by atoms with E-state index in [-0.39, 0.29) is 11.8 Å². The summed E-state index contributed by atoms with van der Waals surface area (Å²) in [6.45, 7) is 2.01. The maximum absolute atomic E-state index is 12.4. The van der Waals surface area contributed by atoms with Gasteiger partial charge in [0.1, 0.15) is 5.82 Å². The molecule has 8 nitrogen and oxygen atoms in total. The van der Waals surface area contributed by atoms with Gasteiger partial charge in [-0.25, -0.2) is 18.1 Å². The van der Waals surface area contributed by atoms with Crippen molar-refractivity contribution in [2.24, 2.45) is 5.92 Å². The van der Waals surface area contributed by atoms with Crippen molar-refractivity contribution < 1.29 is 21.6 Å². The molecule has 158 valence electrons. The number of sulfonamides is 1. The Balaban J connectivity index is 1.58. The number of halogens is 3. The minimum absolute atomic E-state index is 0.0641. The van der Waals surface area contributed by atoms with Crippen LogP contribution in [0.5, 0.6) is 0 Å². The van der Waals surface area contributed by atoms with Gasteiger partial charge in [-0.15, -0.1) is 10.2 Å². The monoisotopic (exact) mass is 430 g/mol. The summed E-state index contributed by atoms with van der Waals surface area (Å²) in [5, 5.41) is 8.53. The van der Waals surface area contributed by atoms with Gasteiger partial charge in [0.25, 0.3) is 0 Å². The standard InChI is InChI=1S/C17H21F3N6O2S/c1-2-10-7-11(25-29(27,28)6-4-17(18,19)20)8-12(10)16-24-23-14-9-22-15-13(26(14)16)3-5-21-15/h3,5,9-12,21,25H,2,4,6-8H2,1H3/t10-,11?,12?/m1/s1. The molecule has 1 aliphatic rings. The zero-order chi connectivity index (χ0) is 20.8. The maximum Gasteiger partial charge on any atom is 0.390 e. The first kappa shape index (κ1) is 20.1. The third-order valence-corrected chi connectivity index (χ3v) is 6.95. The molecule has 0 spiro atoms. The van der Waals surface area contributed by atoms with E-state index in [1.807, 2.05) is 17.4 Å². The number of nitrogens with one attached hydrogen (secondary N) is 2. The summed E-state index contributed by atoms with van der Waals surface area (Å²) in [5.74, 6) is -0.167. The van der Waals surface area contributed by atoms with Gasteiger partial charge >= 0.3 is 6.18 Å². The predicted octanol–water partition coefficient (Wildman–Crippen LogP) is 2.75. The molecule has 0 amide bonds. The molecular formula is C17H21F3N6O2S. The number of hydrogen-bond donors (Lipinski definition) is 2. The number of alkyl halides is 3. The molecule has 2 unspecified atom stereocenters. The lowest BCUT2D eigenvalue weighted by atomic mass is 9.93. The van der Waals surface area contributed by atoms with Crippen LogP contribution in [0.3, 0.4) is 0 Å². The smallest absolute Gasteiger partial charge is 0.345 e. The van der Waals surface area contributed by atoms with Crippen molar-refractivity contribution >= 4 is 26.8 Å². The molecular weight excluding hydrogens is 409 g/mol. The van der Waals surface area contributed by atoms with E-state index in [9.17, 15) is 21.6 Å². The van der Waals surface area contributed by atoms with Crippen molar-refractivity contribution in [1.82, 2.24) is 29.3 Å². The summed E-state index contributed by atoms with van der Waals surface area (Å²) in [6, 6.07) is 1.44. The summed E-state index contributed by atoms with van der Waals surface area (Å²) in [6.07, 6.45) is -0.686. The van der Waals surface area contributed by atoms with Gasteiger partial charge in [-0.05, 0) is 24.8 Å². The number of rotatable bonds is 6. The first-order valence-corrected chi connectivity index (χ1v) is 11.1. The van der Waals surface area contributed by atoms with Crippen LogP contribution < -0.4 is 4.72 Å². The van der Waals surface area contributed by atoms with E-state index in [0.29, 0.717) is 24.1 Å². The Kier molecular flexibility index (Phi) is 5.01. The fraction of sp³-hybridized carbons (Fsp3) is 0.588. The Labute approximate surface area is 165 Å². The van der Waals surface area contributed by atoms with Crippen LogP contribution in [0.15, 0.2) is 18.5 Å². The minimum Gasteiger partial charge on any atom is -0.345 e.